The fourth-order valence-electron chi connectivity index (χ4n) is 4.93. The Balaban J connectivity index is 1.38. The van der Waals surface area contributed by atoms with Crippen LogP contribution in [-0.4, -0.2) is 55.6 Å². The zero-order valence-electron chi connectivity index (χ0n) is 21.7. The van der Waals surface area contributed by atoms with E-state index in [0.717, 1.165) is 49.7 Å². The van der Waals surface area contributed by atoms with Gasteiger partial charge in [0.2, 0.25) is 0 Å². The van der Waals surface area contributed by atoms with Crippen LogP contribution < -0.4 is 21.3 Å². The topological polar surface area (TPSA) is 68.4 Å². The summed E-state index contributed by atoms with van der Waals surface area (Å²) < 4.78 is 0. The van der Waals surface area contributed by atoms with E-state index in [1.54, 1.807) is 6.07 Å². The minimum absolute atomic E-state index is 0.0953. The van der Waals surface area contributed by atoms with Crippen molar-refractivity contribution in [2.24, 2.45) is 0 Å². The standard InChI is InChI=1S/C29H39Cl2N5O/c1-21-20-36(17-16-32-21)28(19-26-6-4-2-3-5-14-33-26)35-25-11-8-23(9-12-25)29(37)34-15-13-22-7-10-24(30)18-27(22)31/h7-12,18-19,21,26,32-33,35H,2-6,13-17,20H2,1H3,(H,34,37)/b28-19-/t21-,26?/m0/s1. The van der Waals surface area contributed by atoms with Crippen LogP contribution in [0.5, 0.6) is 0 Å². The number of benzene rings is 2. The average Bonchev–Trinajstić information content (AvgIpc) is 2.86. The lowest BCUT2D eigenvalue weighted by atomic mass is 10.0. The van der Waals surface area contributed by atoms with Crippen LogP contribution in [-0.2, 0) is 6.42 Å². The fraction of sp³-hybridized carbons (Fsp3) is 0.483. The molecule has 2 heterocycles. The number of hydrogen-bond acceptors (Lipinski definition) is 5. The molecule has 8 heteroatoms. The minimum atomic E-state index is -0.0953. The molecule has 200 valence electrons. The molecule has 0 aliphatic carbocycles. The van der Waals surface area contributed by atoms with Gasteiger partial charge < -0.3 is 26.2 Å². The van der Waals surface area contributed by atoms with Crippen LogP contribution in [0.4, 0.5) is 5.69 Å². The molecular weight excluding hydrogens is 505 g/mol. The normalized spacial score (nSPS) is 21.2. The maximum atomic E-state index is 12.7. The molecule has 2 atom stereocenters. The summed E-state index contributed by atoms with van der Waals surface area (Å²) in [7, 11) is 0. The van der Waals surface area contributed by atoms with Crippen molar-refractivity contribution in [2.75, 3.05) is 38.0 Å². The number of anilines is 1. The Kier molecular flexibility index (Phi) is 10.6. The second-order valence-corrected chi connectivity index (χ2v) is 10.9. The summed E-state index contributed by atoms with van der Waals surface area (Å²) in [6, 6.07) is 14.0. The molecule has 1 unspecified atom stereocenters. The van der Waals surface area contributed by atoms with E-state index in [0.29, 0.717) is 40.7 Å². The van der Waals surface area contributed by atoms with E-state index in [1.165, 1.54) is 25.7 Å². The Morgan fingerprint density at radius 1 is 1.05 bits per heavy atom. The summed E-state index contributed by atoms with van der Waals surface area (Å²) in [5.74, 6) is 1.05. The van der Waals surface area contributed by atoms with Crippen LogP contribution in [0.1, 0.15) is 54.9 Å². The summed E-state index contributed by atoms with van der Waals surface area (Å²) in [6.45, 7) is 6.70. The SMILES string of the molecule is C[C@H]1CN(/C(=C\C2CCCCCCN2)Nc2ccc(C(=O)NCCc3ccc(Cl)cc3Cl)cc2)CCN1. The highest BCUT2D eigenvalue weighted by Gasteiger charge is 2.20. The van der Waals surface area contributed by atoms with Crippen molar-refractivity contribution >= 4 is 34.8 Å². The van der Waals surface area contributed by atoms with Crippen molar-refractivity contribution in [3.63, 3.8) is 0 Å². The lowest BCUT2D eigenvalue weighted by Crippen LogP contribution is -2.50. The van der Waals surface area contributed by atoms with Gasteiger partial charge in [-0.15, -0.1) is 0 Å². The molecule has 6 nitrogen and oxygen atoms in total. The molecule has 2 aliphatic heterocycles. The largest absolute Gasteiger partial charge is 0.356 e. The van der Waals surface area contributed by atoms with E-state index in [-0.39, 0.29) is 5.91 Å². The van der Waals surface area contributed by atoms with Gasteiger partial charge in [0.05, 0.1) is 0 Å². The van der Waals surface area contributed by atoms with E-state index in [2.05, 4.69) is 39.2 Å². The van der Waals surface area contributed by atoms with Crippen LogP contribution in [0.2, 0.25) is 10.0 Å². The molecule has 37 heavy (non-hydrogen) atoms. The Bertz CT molecular complexity index is 1050. The van der Waals surface area contributed by atoms with Crippen molar-refractivity contribution in [3.8, 4) is 0 Å². The Morgan fingerprint density at radius 2 is 1.86 bits per heavy atom. The van der Waals surface area contributed by atoms with Gasteiger partial charge in [-0.05, 0) is 80.8 Å². The third-order valence-corrected chi connectivity index (χ3v) is 7.62. The number of nitrogens with zero attached hydrogens (tertiary/aromatic N) is 1. The summed E-state index contributed by atoms with van der Waals surface area (Å²) in [6.07, 6.45) is 9.31. The van der Waals surface area contributed by atoms with Crippen molar-refractivity contribution in [1.82, 2.24) is 20.9 Å². The molecule has 4 rings (SSSR count). The first-order chi connectivity index (χ1) is 18.0. The molecule has 1 amide bonds. The molecule has 2 fully saturated rings. The molecule has 0 spiro atoms. The maximum absolute atomic E-state index is 12.7. The zero-order chi connectivity index (χ0) is 26.0. The quantitative estimate of drug-likeness (QED) is 0.357. The highest BCUT2D eigenvalue weighted by Crippen LogP contribution is 2.22. The van der Waals surface area contributed by atoms with E-state index < -0.39 is 0 Å². The Morgan fingerprint density at radius 3 is 2.65 bits per heavy atom. The number of rotatable bonds is 8. The molecule has 0 bridgehead atoms. The monoisotopic (exact) mass is 543 g/mol. The zero-order valence-corrected chi connectivity index (χ0v) is 23.2. The van der Waals surface area contributed by atoms with Gasteiger partial charge in [-0.25, -0.2) is 0 Å². The lowest BCUT2D eigenvalue weighted by molar-refractivity contribution is 0.0954. The van der Waals surface area contributed by atoms with Gasteiger partial charge in [-0.1, -0.05) is 48.5 Å². The van der Waals surface area contributed by atoms with E-state index in [1.807, 2.05) is 36.4 Å². The van der Waals surface area contributed by atoms with Gasteiger partial charge in [-0.2, -0.15) is 0 Å². The van der Waals surface area contributed by atoms with Gasteiger partial charge in [0.1, 0.15) is 5.82 Å². The molecule has 2 aliphatic rings. The highest BCUT2D eigenvalue weighted by molar-refractivity contribution is 6.35. The Labute approximate surface area is 231 Å². The number of carbonyl (C=O) groups is 1. The first-order valence-electron chi connectivity index (χ1n) is 13.5. The molecule has 2 aromatic carbocycles. The van der Waals surface area contributed by atoms with Crippen LogP contribution in [0.3, 0.4) is 0 Å². The molecule has 0 radical (unpaired) electrons. The lowest BCUT2D eigenvalue weighted by Gasteiger charge is -2.36. The number of halogens is 2. The van der Waals surface area contributed by atoms with Gasteiger partial charge in [-0.3, -0.25) is 4.79 Å². The number of amides is 1. The molecule has 4 N–H and O–H groups in total. The van der Waals surface area contributed by atoms with Gasteiger partial charge in [0, 0.05) is 59.6 Å². The molecule has 2 saturated heterocycles. The Hall–Kier alpha value is -2.25. The predicted molar refractivity (Wildman–Crippen MR) is 155 cm³/mol. The van der Waals surface area contributed by atoms with Crippen LogP contribution in [0.15, 0.2) is 54.4 Å². The highest BCUT2D eigenvalue weighted by atomic mass is 35.5. The van der Waals surface area contributed by atoms with Gasteiger partial charge >= 0.3 is 0 Å². The van der Waals surface area contributed by atoms with Crippen LogP contribution in [0.25, 0.3) is 0 Å². The molecule has 2 aromatic rings. The van der Waals surface area contributed by atoms with Crippen molar-refractivity contribution in [1.29, 1.82) is 0 Å². The summed E-state index contributed by atoms with van der Waals surface area (Å²) in [5.41, 5.74) is 2.58. The van der Waals surface area contributed by atoms with Crippen LogP contribution >= 0.6 is 23.2 Å². The average molecular weight is 545 g/mol. The first kappa shape index (κ1) is 27.8. The van der Waals surface area contributed by atoms with Crippen molar-refractivity contribution in [2.45, 2.75) is 57.5 Å². The molecule has 0 saturated carbocycles. The third kappa shape index (κ3) is 8.64. The number of nitrogens with one attached hydrogen (secondary N) is 4. The van der Waals surface area contributed by atoms with E-state index in [9.17, 15) is 4.79 Å². The second kappa shape index (κ2) is 14.1. The second-order valence-electron chi connectivity index (χ2n) is 10.1. The first-order valence-corrected chi connectivity index (χ1v) is 14.3. The number of piperazine rings is 1. The van der Waals surface area contributed by atoms with E-state index in [4.69, 9.17) is 23.2 Å². The van der Waals surface area contributed by atoms with Gasteiger partial charge in [0.15, 0.2) is 0 Å². The van der Waals surface area contributed by atoms with Crippen molar-refractivity contribution < 1.29 is 4.79 Å². The number of hydrogen-bond donors (Lipinski definition) is 4. The number of carbonyl (C=O) groups excluding carboxylic acids is 1. The maximum Gasteiger partial charge on any atom is 0.251 e. The van der Waals surface area contributed by atoms with Crippen LogP contribution in [0, 0.1) is 0 Å². The summed E-state index contributed by atoms with van der Waals surface area (Å²) >= 11 is 12.2. The smallest absolute Gasteiger partial charge is 0.251 e. The summed E-state index contributed by atoms with van der Waals surface area (Å²) in [4.78, 5) is 15.1. The van der Waals surface area contributed by atoms with E-state index >= 15 is 0 Å². The predicted octanol–water partition coefficient (Wildman–Crippen LogP) is 5.44. The third-order valence-electron chi connectivity index (χ3n) is 7.03. The molecule has 0 aromatic heterocycles. The minimum Gasteiger partial charge on any atom is -0.356 e. The molecular formula is C29H39Cl2N5O. The van der Waals surface area contributed by atoms with Crippen molar-refractivity contribution in [3.05, 3.63) is 75.5 Å². The fourth-order valence-corrected chi connectivity index (χ4v) is 5.44. The van der Waals surface area contributed by atoms with Gasteiger partial charge in [0.25, 0.3) is 5.91 Å². The summed E-state index contributed by atoms with van der Waals surface area (Å²) in [5, 5.41) is 15.1.